The Labute approximate surface area is 127 Å². The Balaban J connectivity index is 0.000000492. The number of benzene rings is 2. The summed E-state index contributed by atoms with van der Waals surface area (Å²) in [6.07, 6.45) is 0. The van der Waals surface area contributed by atoms with Crippen LogP contribution in [0.1, 0.15) is 11.1 Å². The Morgan fingerprint density at radius 2 is 1.11 bits per heavy atom. The van der Waals surface area contributed by atoms with Crippen LogP contribution >= 0.6 is 27.6 Å². The zero-order valence-electron chi connectivity index (χ0n) is 10.2. The maximum atomic E-state index is 4.81. The molecule has 2 rings (SSSR count). The van der Waals surface area contributed by atoms with Gasteiger partial charge in [-0.25, -0.2) is 0 Å². The average molecular weight is 392 g/mol. The van der Waals surface area contributed by atoms with Gasteiger partial charge < -0.3 is 0 Å². The van der Waals surface area contributed by atoms with E-state index in [2.05, 4.69) is 62.4 Å². The van der Waals surface area contributed by atoms with Crippen molar-refractivity contribution in [1.29, 1.82) is 0 Å². The van der Waals surface area contributed by atoms with Crippen molar-refractivity contribution in [3.63, 3.8) is 0 Å². The van der Waals surface area contributed by atoms with Crippen LogP contribution in [0.4, 0.5) is 0 Å². The zero-order valence-corrected chi connectivity index (χ0v) is 14.3. The summed E-state index contributed by atoms with van der Waals surface area (Å²) < 4.78 is 0. The second-order valence-corrected chi connectivity index (χ2v) is 7.49. The van der Waals surface area contributed by atoms with Crippen LogP contribution in [0.25, 0.3) is 0 Å². The standard InChI is InChI=1S/C14H15P.2ClH.Pd/c1-11-7-3-5-9-13(11)15-14-10-6-4-8-12(14)2;;;/h3-10,15H,1-2H3;2*1H;/q;;;+2/p-2. The van der Waals surface area contributed by atoms with Gasteiger partial charge in [0.15, 0.2) is 0 Å². The van der Waals surface area contributed by atoms with Crippen molar-refractivity contribution in [2.24, 2.45) is 0 Å². The number of aryl methyl sites for hydroxylation is 2. The van der Waals surface area contributed by atoms with Gasteiger partial charge in [-0.3, -0.25) is 0 Å². The number of hydrogen-bond acceptors (Lipinski definition) is 0. The molecule has 0 aliphatic heterocycles. The van der Waals surface area contributed by atoms with Crippen LogP contribution in [0.3, 0.4) is 0 Å². The van der Waals surface area contributed by atoms with Gasteiger partial charge in [0.25, 0.3) is 0 Å². The Morgan fingerprint density at radius 1 is 0.778 bits per heavy atom. The molecule has 0 fully saturated rings. The minimum atomic E-state index is -0.106. The van der Waals surface area contributed by atoms with Crippen LogP contribution in [0.5, 0.6) is 0 Å². The summed E-state index contributed by atoms with van der Waals surface area (Å²) in [6, 6.07) is 17.2. The topological polar surface area (TPSA) is 0 Å². The Bertz CT molecular complexity index is 445. The van der Waals surface area contributed by atoms with Crippen molar-refractivity contribution >= 4 is 38.2 Å². The quantitative estimate of drug-likeness (QED) is 0.529. The van der Waals surface area contributed by atoms with Crippen molar-refractivity contribution in [3.05, 3.63) is 59.7 Å². The number of halogens is 2. The molecule has 100 valence electrons. The van der Waals surface area contributed by atoms with Gasteiger partial charge in [-0.2, -0.15) is 0 Å². The number of rotatable bonds is 2. The maximum absolute atomic E-state index is 4.81. The third-order valence-electron chi connectivity index (χ3n) is 2.56. The summed E-state index contributed by atoms with van der Waals surface area (Å²) in [6.45, 7) is 4.36. The molecule has 2 aromatic carbocycles. The molecular formula is C14H15Cl2PPd. The van der Waals surface area contributed by atoms with E-state index in [1.165, 1.54) is 21.7 Å². The minimum absolute atomic E-state index is 0.106. The molecule has 0 nitrogen and oxygen atoms in total. The van der Waals surface area contributed by atoms with Gasteiger partial charge in [0.1, 0.15) is 0 Å². The first-order chi connectivity index (χ1) is 8.69. The SMILES string of the molecule is Cc1ccccc1Pc1ccccc1C.[Cl][Pd][Cl]. The van der Waals surface area contributed by atoms with Crippen LogP contribution in [-0.4, -0.2) is 0 Å². The van der Waals surface area contributed by atoms with Gasteiger partial charge in [-0.1, -0.05) is 57.1 Å². The van der Waals surface area contributed by atoms with E-state index in [1.807, 2.05) is 0 Å². The zero-order chi connectivity index (χ0) is 13.4. The van der Waals surface area contributed by atoms with Crippen molar-refractivity contribution < 1.29 is 15.9 Å². The van der Waals surface area contributed by atoms with E-state index in [1.54, 1.807) is 0 Å². The van der Waals surface area contributed by atoms with Gasteiger partial charge in [0.2, 0.25) is 0 Å². The van der Waals surface area contributed by atoms with Crippen LogP contribution < -0.4 is 10.6 Å². The van der Waals surface area contributed by atoms with E-state index in [0.717, 1.165) is 8.58 Å². The molecule has 2 aromatic rings. The van der Waals surface area contributed by atoms with Gasteiger partial charge in [-0.05, 0) is 35.6 Å². The molecule has 0 bridgehead atoms. The summed E-state index contributed by atoms with van der Waals surface area (Å²) in [5, 5.41) is 2.90. The number of hydrogen-bond donors (Lipinski definition) is 0. The predicted molar refractivity (Wildman–Crippen MR) is 81.6 cm³/mol. The second-order valence-electron chi connectivity index (χ2n) is 3.80. The molecule has 0 unspecified atom stereocenters. The van der Waals surface area contributed by atoms with E-state index in [9.17, 15) is 0 Å². The first-order valence-electron chi connectivity index (χ1n) is 5.39. The second kappa shape index (κ2) is 9.09. The molecule has 0 radical (unpaired) electrons. The molecule has 0 N–H and O–H groups in total. The van der Waals surface area contributed by atoms with E-state index < -0.39 is 0 Å². The van der Waals surface area contributed by atoms with Crippen molar-refractivity contribution in [2.75, 3.05) is 0 Å². The first-order valence-corrected chi connectivity index (χ1v) is 10.4. The van der Waals surface area contributed by atoms with Crippen LogP contribution in [0.15, 0.2) is 48.5 Å². The van der Waals surface area contributed by atoms with E-state index in [4.69, 9.17) is 19.1 Å². The predicted octanol–water partition coefficient (Wildman–Crippen LogP) is 4.31. The third-order valence-corrected chi connectivity index (χ3v) is 4.22. The monoisotopic (exact) mass is 390 g/mol. The molecule has 0 aliphatic rings. The molecule has 0 saturated carbocycles. The fourth-order valence-corrected chi connectivity index (χ4v) is 2.78. The first kappa shape index (κ1) is 16.2. The molecule has 18 heavy (non-hydrogen) atoms. The average Bonchev–Trinajstić information content (AvgIpc) is 2.36. The summed E-state index contributed by atoms with van der Waals surface area (Å²) in [5.41, 5.74) is 2.78. The van der Waals surface area contributed by atoms with E-state index >= 15 is 0 Å². The summed E-state index contributed by atoms with van der Waals surface area (Å²) >= 11 is -0.106. The van der Waals surface area contributed by atoms with Gasteiger partial charge in [0, 0.05) is 0 Å². The van der Waals surface area contributed by atoms with Crippen LogP contribution in [-0.2, 0) is 15.9 Å². The van der Waals surface area contributed by atoms with Gasteiger partial charge in [0.05, 0.1) is 0 Å². The molecule has 0 amide bonds. The van der Waals surface area contributed by atoms with E-state index in [-0.39, 0.29) is 15.9 Å². The molecule has 0 heterocycles. The van der Waals surface area contributed by atoms with Crippen LogP contribution in [0, 0.1) is 13.8 Å². The third kappa shape index (κ3) is 5.40. The molecule has 0 spiro atoms. The van der Waals surface area contributed by atoms with Gasteiger partial charge >= 0.3 is 35.0 Å². The van der Waals surface area contributed by atoms with Gasteiger partial charge in [-0.15, -0.1) is 0 Å². The van der Waals surface area contributed by atoms with E-state index in [0.29, 0.717) is 0 Å². The fraction of sp³-hybridized carbons (Fsp3) is 0.143. The Kier molecular flexibility index (Phi) is 8.16. The molecule has 0 saturated heterocycles. The normalized spacial score (nSPS) is 9.78. The fourth-order valence-electron chi connectivity index (χ4n) is 1.57. The van der Waals surface area contributed by atoms with Crippen molar-refractivity contribution in [3.8, 4) is 0 Å². The summed E-state index contributed by atoms with van der Waals surface area (Å²) in [5.74, 6) is 0. The summed E-state index contributed by atoms with van der Waals surface area (Å²) in [4.78, 5) is 0. The van der Waals surface area contributed by atoms with Crippen molar-refractivity contribution in [1.82, 2.24) is 0 Å². The van der Waals surface area contributed by atoms with Crippen LogP contribution in [0.2, 0.25) is 0 Å². The Morgan fingerprint density at radius 3 is 1.44 bits per heavy atom. The molecule has 0 aliphatic carbocycles. The summed E-state index contributed by atoms with van der Waals surface area (Å²) in [7, 11) is 10.4. The van der Waals surface area contributed by atoms with Crippen molar-refractivity contribution in [2.45, 2.75) is 13.8 Å². The molecule has 0 aromatic heterocycles. The Hall–Kier alpha value is 0.112. The molecule has 0 atom stereocenters. The molecular weight excluding hydrogens is 376 g/mol. The molecule has 4 heteroatoms.